The summed E-state index contributed by atoms with van der Waals surface area (Å²) >= 11 is 0. The number of nitro benzene ring substituents is 1. The van der Waals surface area contributed by atoms with Crippen LogP contribution in [0.1, 0.15) is 10.4 Å². The zero-order valence-electron chi connectivity index (χ0n) is 8.77. The van der Waals surface area contributed by atoms with Gasteiger partial charge in [-0.1, -0.05) is 0 Å². The van der Waals surface area contributed by atoms with Crippen molar-refractivity contribution in [2.45, 2.75) is 6.04 Å². The predicted octanol–water partition coefficient (Wildman–Crippen LogP) is 0.436. The van der Waals surface area contributed by atoms with Gasteiger partial charge in [0, 0.05) is 24.7 Å². The third-order valence-electron chi connectivity index (χ3n) is 2.47. The molecule has 1 fully saturated rings. The highest BCUT2D eigenvalue weighted by atomic mass is 19.1. The second-order valence-corrected chi connectivity index (χ2v) is 3.78. The van der Waals surface area contributed by atoms with E-state index in [9.17, 15) is 19.3 Å². The summed E-state index contributed by atoms with van der Waals surface area (Å²) in [5, 5.41) is 16.1. The summed E-state index contributed by atoms with van der Waals surface area (Å²) in [5.41, 5.74) is -0.467. The molecular formula is C10H10FN3O3. The molecule has 7 heteroatoms. The predicted molar refractivity (Wildman–Crippen MR) is 57.2 cm³/mol. The van der Waals surface area contributed by atoms with E-state index in [2.05, 4.69) is 10.6 Å². The number of hydrogen-bond donors (Lipinski definition) is 2. The Morgan fingerprint density at radius 1 is 1.47 bits per heavy atom. The number of non-ortho nitro benzene ring substituents is 1. The van der Waals surface area contributed by atoms with Gasteiger partial charge in [-0.3, -0.25) is 14.9 Å². The summed E-state index contributed by atoms with van der Waals surface area (Å²) in [4.78, 5) is 21.4. The standard InChI is InChI=1S/C10H10FN3O3/c11-7-1-6(2-9(3-7)14(16)17)10(15)13-8-4-12-5-8/h1-3,8,12H,4-5H2,(H,13,15). The van der Waals surface area contributed by atoms with Gasteiger partial charge in [0.15, 0.2) is 0 Å². The summed E-state index contributed by atoms with van der Waals surface area (Å²) in [7, 11) is 0. The van der Waals surface area contributed by atoms with Gasteiger partial charge in [0.25, 0.3) is 11.6 Å². The molecule has 0 spiro atoms. The van der Waals surface area contributed by atoms with E-state index in [4.69, 9.17) is 0 Å². The molecule has 2 N–H and O–H groups in total. The van der Waals surface area contributed by atoms with Crippen LogP contribution >= 0.6 is 0 Å². The van der Waals surface area contributed by atoms with Gasteiger partial charge in [-0.15, -0.1) is 0 Å². The molecule has 1 aliphatic heterocycles. The monoisotopic (exact) mass is 239 g/mol. The van der Waals surface area contributed by atoms with Crippen LogP contribution in [0.3, 0.4) is 0 Å². The van der Waals surface area contributed by atoms with Crippen LogP contribution in [-0.4, -0.2) is 30.0 Å². The number of nitro groups is 1. The minimum absolute atomic E-state index is 0.00447. The quantitative estimate of drug-likeness (QED) is 0.592. The molecule has 6 nitrogen and oxygen atoms in total. The molecule has 17 heavy (non-hydrogen) atoms. The van der Waals surface area contributed by atoms with Gasteiger partial charge in [0.1, 0.15) is 5.82 Å². The van der Waals surface area contributed by atoms with Crippen LogP contribution in [0.4, 0.5) is 10.1 Å². The number of hydrogen-bond acceptors (Lipinski definition) is 4. The average Bonchev–Trinajstić information content (AvgIpc) is 2.22. The molecule has 0 unspecified atom stereocenters. The molecule has 90 valence electrons. The highest BCUT2D eigenvalue weighted by molar-refractivity contribution is 5.95. The van der Waals surface area contributed by atoms with Crippen LogP contribution < -0.4 is 10.6 Å². The average molecular weight is 239 g/mol. The number of rotatable bonds is 3. The molecule has 1 saturated heterocycles. The number of halogens is 1. The van der Waals surface area contributed by atoms with Crippen LogP contribution in [0.15, 0.2) is 18.2 Å². The van der Waals surface area contributed by atoms with Gasteiger partial charge in [-0.05, 0) is 6.07 Å². The van der Waals surface area contributed by atoms with Crippen LogP contribution in [0.2, 0.25) is 0 Å². The van der Waals surface area contributed by atoms with E-state index in [1.807, 2.05) is 0 Å². The van der Waals surface area contributed by atoms with Crippen LogP contribution in [0.5, 0.6) is 0 Å². The number of nitrogens with zero attached hydrogens (tertiary/aromatic N) is 1. The van der Waals surface area contributed by atoms with E-state index >= 15 is 0 Å². The van der Waals surface area contributed by atoms with Crippen LogP contribution in [0, 0.1) is 15.9 Å². The van der Waals surface area contributed by atoms with Gasteiger partial charge < -0.3 is 10.6 Å². The zero-order valence-corrected chi connectivity index (χ0v) is 8.77. The van der Waals surface area contributed by atoms with E-state index in [1.165, 1.54) is 0 Å². The minimum atomic E-state index is -0.795. The number of carbonyl (C=O) groups excluding carboxylic acids is 1. The van der Waals surface area contributed by atoms with Crippen LogP contribution in [-0.2, 0) is 0 Å². The third kappa shape index (κ3) is 2.56. The Bertz CT molecular complexity index is 474. The lowest BCUT2D eigenvalue weighted by Gasteiger charge is -2.27. The van der Waals surface area contributed by atoms with Gasteiger partial charge in [0.05, 0.1) is 17.0 Å². The molecule has 1 aromatic rings. The Kier molecular flexibility index (Phi) is 3.01. The number of nitrogens with one attached hydrogen (secondary N) is 2. The van der Waals surface area contributed by atoms with E-state index in [0.717, 1.165) is 18.2 Å². The lowest BCUT2D eigenvalue weighted by atomic mass is 10.1. The normalized spacial score (nSPS) is 15.1. The van der Waals surface area contributed by atoms with Gasteiger partial charge in [-0.25, -0.2) is 4.39 Å². The van der Waals surface area contributed by atoms with E-state index in [0.29, 0.717) is 13.1 Å². The number of carbonyl (C=O) groups is 1. The summed E-state index contributed by atoms with van der Waals surface area (Å²) in [6.07, 6.45) is 0. The maximum Gasteiger partial charge on any atom is 0.273 e. The Labute approximate surface area is 96.0 Å². The molecular weight excluding hydrogens is 229 g/mol. The van der Waals surface area contributed by atoms with Crippen molar-refractivity contribution in [1.82, 2.24) is 10.6 Å². The maximum atomic E-state index is 13.1. The lowest BCUT2D eigenvalue weighted by molar-refractivity contribution is -0.385. The molecule has 0 aromatic heterocycles. The highest BCUT2D eigenvalue weighted by Gasteiger charge is 2.21. The number of benzene rings is 1. The second-order valence-electron chi connectivity index (χ2n) is 3.78. The molecule has 1 aromatic carbocycles. The lowest BCUT2D eigenvalue weighted by Crippen LogP contribution is -2.56. The molecule has 1 heterocycles. The molecule has 0 atom stereocenters. The fourth-order valence-electron chi connectivity index (χ4n) is 1.47. The first kappa shape index (κ1) is 11.5. The summed E-state index contributed by atoms with van der Waals surface area (Å²) < 4.78 is 13.1. The van der Waals surface area contributed by atoms with Crippen molar-refractivity contribution < 1.29 is 14.1 Å². The zero-order chi connectivity index (χ0) is 12.4. The van der Waals surface area contributed by atoms with Crippen molar-refractivity contribution in [3.8, 4) is 0 Å². The third-order valence-corrected chi connectivity index (χ3v) is 2.47. The first-order valence-corrected chi connectivity index (χ1v) is 5.03. The molecule has 1 aliphatic rings. The van der Waals surface area contributed by atoms with E-state index in [1.54, 1.807) is 0 Å². The summed E-state index contributed by atoms with van der Waals surface area (Å²) in [6.45, 7) is 1.31. The number of amides is 1. The molecule has 2 rings (SSSR count). The largest absolute Gasteiger partial charge is 0.347 e. The van der Waals surface area contributed by atoms with Crippen molar-refractivity contribution >= 4 is 11.6 Å². The van der Waals surface area contributed by atoms with Gasteiger partial charge in [-0.2, -0.15) is 0 Å². The fraction of sp³-hybridized carbons (Fsp3) is 0.300. The first-order chi connectivity index (χ1) is 8.06. The van der Waals surface area contributed by atoms with Crippen molar-refractivity contribution in [2.24, 2.45) is 0 Å². The van der Waals surface area contributed by atoms with Crippen LogP contribution in [0.25, 0.3) is 0 Å². The van der Waals surface area contributed by atoms with Crippen molar-refractivity contribution in [3.05, 3.63) is 39.7 Å². The van der Waals surface area contributed by atoms with E-state index in [-0.39, 0.29) is 11.6 Å². The molecule has 0 bridgehead atoms. The Hall–Kier alpha value is -2.02. The minimum Gasteiger partial charge on any atom is -0.347 e. The van der Waals surface area contributed by atoms with Gasteiger partial charge in [0.2, 0.25) is 0 Å². The fourth-order valence-corrected chi connectivity index (χ4v) is 1.47. The van der Waals surface area contributed by atoms with Crippen molar-refractivity contribution in [3.63, 3.8) is 0 Å². The molecule has 0 saturated carbocycles. The van der Waals surface area contributed by atoms with Gasteiger partial charge >= 0.3 is 0 Å². The summed E-state index contributed by atoms with van der Waals surface area (Å²) in [6, 6.07) is 2.82. The van der Waals surface area contributed by atoms with E-state index < -0.39 is 22.3 Å². The molecule has 1 amide bonds. The topological polar surface area (TPSA) is 84.3 Å². The highest BCUT2D eigenvalue weighted by Crippen LogP contribution is 2.16. The Morgan fingerprint density at radius 2 is 2.18 bits per heavy atom. The SMILES string of the molecule is O=C(NC1CNC1)c1cc(F)cc([N+](=O)[O-])c1. The Morgan fingerprint density at radius 3 is 2.71 bits per heavy atom. The Balaban J connectivity index is 2.18. The smallest absolute Gasteiger partial charge is 0.273 e. The first-order valence-electron chi connectivity index (χ1n) is 5.03. The van der Waals surface area contributed by atoms with Crippen molar-refractivity contribution in [1.29, 1.82) is 0 Å². The van der Waals surface area contributed by atoms with Crippen molar-refractivity contribution in [2.75, 3.05) is 13.1 Å². The summed E-state index contributed by atoms with van der Waals surface area (Å²) in [5.74, 6) is -1.30. The maximum absolute atomic E-state index is 13.1. The molecule has 0 aliphatic carbocycles. The molecule has 0 radical (unpaired) electrons. The second kappa shape index (κ2) is 4.46.